The zero-order chi connectivity index (χ0) is 20.4. The number of nitrogens with zero attached hydrogens (tertiary/aromatic N) is 3. The topological polar surface area (TPSA) is 30.7 Å². The Hall–Kier alpha value is -3.06. The molecule has 0 unspecified atom stereocenters. The molecule has 0 fully saturated rings. The molecule has 0 aliphatic carbocycles. The molecule has 0 saturated heterocycles. The van der Waals surface area contributed by atoms with Crippen molar-refractivity contribution in [1.29, 1.82) is 0 Å². The highest BCUT2D eigenvalue weighted by Gasteiger charge is 2.17. The summed E-state index contributed by atoms with van der Waals surface area (Å²) in [6.07, 6.45) is 0. The minimum Gasteiger partial charge on any atom is -0.270 e. The fraction of sp³-hybridized carbons (Fsp3) is 0.0909. The SMILES string of the molecule is Cc1ccc(-n2c(SCc3ccc(F)cc3F)nnc2-c2ccc(F)cc2)cc1. The van der Waals surface area contributed by atoms with Crippen LogP contribution < -0.4 is 0 Å². The molecule has 0 atom stereocenters. The van der Waals surface area contributed by atoms with Gasteiger partial charge in [-0.05, 0) is 55.0 Å². The quantitative estimate of drug-likeness (QED) is 0.380. The van der Waals surface area contributed by atoms with Crippen molar-refractivity contribution in [3.05, 3.63) is 95.3 Å². The molecule has 4 aromatic rings. The molecule has 7 heteroatoms. The average molecular weight is 411 g/mol. The zero-order valence-corrected chi connectivity index (χ0v) is 16.3. The molecule has 3 aromatic carbocycles. The lowest BCUT2D eigenvalue weighted by molar-refractivity contribution is 0.576. The molecule has 1 aromatic heterocycles. The highest BCUT2D eigenvalue weighted by Crippen LogP contribution is 2.30. The summed E-state index contributed by atoms with van der Waals surface area (Å²) in [4.78, 5) is 0. The summed E-state index contributed by atoms with van der Waals surface area (Å²) in [6.45, 7) is 1.99. The van der Waals surface area contributed by atoms with Crippen LogP contribution in [-0.4, -0.2) is 14.8 Å². The molecule has 0 saturated carbocycles. The predicted octanol–water partition coefficient (Wildman–Crippen LogP) is 5.95. The molecule has 1 heterocycles. The Balaban J connectivity index is 1.73. The van der Waals surface area contributed by atoms with Gasteiger partial charge in [0.2, 0.25) is 0 Å². The number of aromatic nitrogens is 3. The number of aryl methyl sites for hydroxylation is 1. The molecule has 0 aliphatic rings. The standard InChI is InChI=1S/C22H16F3N3S/c1-14-2-10-19(11-3-14)28-21(15-4-7-17(23)8-5-15)26-27-22(28)29-13-16-6-9-18(24)12-20(16)25/h2-12H,13H2,1H3. The largest absolute Gasteiger partial charge is 0.270 e. The van der Waals surface area contributed by atoms with E-state index in [1.54, 1.807) is 12.1 Å². The van der Waals surface area contributed by atoms with E-state index >= 15 is 0 Å². The Morgan fingerprint density at radius 1 is 0.828 bits per heavy atom. The van der Waals surface area contributed by atoms with Crippen LogP contribution in [0.25, 0.3) is 17.1 Å². The van der Waals surface area contributed by atoms with Crippen LogP contribution in [0.5, 0.6) is 0 Å². The van der Waals surface area contributed by atoms with E-state index in [-0.39, 0.29) is 11.6 Å². The van der Waals surface area contributed by atoms with Crippen LogP contribution in [0.1, 0.15) is 11.1 Å². The second-order valence-corrected chi connectivity index (χ2v) is 7.45. The highest BCUT2D eigenvalue weighted by atomic mass is 32.2. The molecule has 29 heavy (non-hydrogen) atoms. The Labute approximate surface area is 170 Å². The summed E-state index contributed by atoms with van der Waals surface area (Å²) in [5, 5.41) is 9.09. The number of benzene rings is 3. The second kappa shape index (κ2) is 8.13. The number of rotatable bonds is 5. The second-order valence-electron chi connectivity index (χ2n) is 6.51. The Morgan fingerprint density at radius 2 is 1.52 bits per heavy atom. The van der Waals surface area contributed by atoms with Gasteiger partial charge in [0.05, 0.1) is 0 Å². The number of thioether (sulfide) groups is 1. The Bertz CT molecular complexity index is 1140. The van der Waals surface area contributed by atoms with Gasteiger partial charge >= 0.3 is 0 Å². The first kappa shape index (κ1) is 19.3. The Morgan fingerprint density at radius 3 is 2.21 bits per heavy atom. The maximum absolute atomic E-state index is 14.0. The van der Waals surface area contributed by atoms with Crippen molar-refractivity contribution in [1.82, 2.24) is 14.8 Å². The third kappa shape index (κ3) is 4.19. The van der Waals surface area contributed by atoms with Crippen molar-refractivity contribution < 1.29 is 13.2 Å². The summed E-state index contributed by atoms with van der Waals surface area (Å²) < 4.78 is 42.3. The third-order valence-electron chi connectivity index (χ3n) is 4.40. The van der Waals surface area contributed by atoms with Gasteiger partial charge in [0.1, 0.15) is 17.5 Å². The molecular formula is C22H16F3N3S. The van der Waals surface area contributed by atoms with Crippen LogP contribution in [0.15, 0.2) is 71.9 Å². The fourth-order valence-corrected chi connectivity index (χ4v) is 3.80. The minimum absolute atomic E-state index is 0.263. The number of halogens is 3. The fourth-order valence-electron chi connectivity index (χ4n) is 2.86. The van der Waals surface area contributed by atoms with Crippen molar-refractivity contribution in [3.8, 4) is 17.1 Å². The molecule has 4 rings (SSSR count). The van der Waals surface area contributed by atoms with E-state index in [0.29, 0.717) is 22.1 Å². The van der Waals surface area contributed by atoms with Gasteiger partial charge in [0, 0.05) is 23.1 Å². The lowest BCUT2D eigenvalue weighted by Crippen LogP contribution is -2.00. The smallest absolute Gasteiger partial charge is 0.196 e. The van der Waals surface area contributed by atoms with E-state index in [0.717, 1.165) is 17.3 Å². The van der Waals surface area contributed by atoms with E-state index < -0.39 is 11.6 Å². The highest BCUT2D eigenvalue weighted by molar-refractivity contribution is 7.98. The monoisotopic (exact) mass is 411 g/mol. The molecule has 0 amide bonds. The third-order valence-corrected chi connectivity index (χ3v) is 5.38. The van der Waals surface area contributed by atoms with Crippen LogP contribution in [0.2, 0.25) is 0 Å². The molecule has 0 aliphatic heterocycles. The van der Waals surface area contributed by atoms with Gasteiger partial charge in [-0.3, -0.25) is 4.57 Å². The maximum atomic E-state index is 14.0. The van der Waals surface area contributed by atoms with Gasteiger partial charge in [0.25, 0.3) is 0 Å². The van der Waals surface area contributed by atoms with Gasteiger partial charge in [0.15, 0.2) is 11.0 Å². The average Bonchev–Trinajstić information content (AvgIpc) is 3.12. The van der Waals surface area contributed by atoms with Crippen LogP contribution in [0.3, 0.4) is 0 Å². The summed E-state index contributed by atoms with van der Waals surface area (Å²) >= 11 is 1.29. The molecule has 146 valence electrons. The van der Waals surface area contributed by atoms with Crippen LogP contribution in [0.4, 0.5) is 13.2 Å². The summed E-state index contributed by atoms with van der Waals surface area (Å²) in [5.41, 5.74) is 3.02. The number of hydrogen-bond acceptors (Lipinski definition) is 3. The van der Waals surface area contributed by atoms with Crippen molar-refractivity contribution in [2.75, 3.05) is 0 Å². The van der Waals surface area contributed by atoms with E-state index in [4.69, 9.17) is 0 Å². The maximum Gasteiger partial charge on any atom is 0.196 e. The van der Waals surface area contributed by atoms with Crippen LogP contribution in [0, 0.1) is 24.4 Å². The van der Waals surface area contributed by atoms with Gasteiger partial charge in [-0.25, -0.2) is 13.2 Å². The summed E-state index contributed by atoms with van der Waals surface area (Å²) in [6, 6.07) is 17.3. The van der Waals surface area contributed by atoms with Crippen molar-refractivity contribution in [2.24, 2.45) is 0 Å². The summed E-state index contributed by atoms with van der Waals surface area (Å²) in [7, 11) is 0. The molecule has 0 radical (unpaired) electrons. The van der Waals surface area contributed by atoms with Crippen molar-refractivity contribution >= 4 is 11.8 Å². The number of hydrogen-bond donors (Lipinski definition) is 0. The molecule has 0 spiro atoms. The van der Waals surface area contributed by atoms with E-state index in [1.165, 1.54) is 36.0 Å². The molecule has 0 bridgehead atoms. The molecule has 0 N–H and O–H groups in total. The first-order chi connectivity index (χ1) is 14.0. The van der Waals surface area contributed by atoms with Crippen LogP contribution in [-0.2, 0) is 5.75 Å². The molecule has 3 nitrogen and oxygen atoms in total. The predicted molar refractivity (Wildman–Crippen MR) is 107 cm³/mol. The normalized spacial score (nSPS) is 11.0. The van der Waals surface area contributed by atoms with Gasteiger partial charge in [-0.2, -0.15) is 0 Å². The van der Waals surface area contributed by atoms with E-state index in [2.05, 4.69) is 10.2 Å². The zero-order valence-electron chi connectivity index (χ0n) is 15.4. The molecular weight excluding hydrogens is 395 g/mol. The lowest BCUT2D eigenvalue weighted by atomic mass is 10.2. The van der Waals surface area contributed by atoms with Gasteiger partial charge < -0.3 is 0 Å². The lowest BCUT2D eigenvalue weighted by Gasteiger charge is -2.11. The first-order valence-electron chi connectivity index (χ1n) is 8.86. The van der Waals surface area contributed by atoms with E-state index in [9.17, 15) is 13.2 Å². The Kier molecular flexibility index (Phi) is 5.40. The van der Waals surface area contributed by atoms with Gasteiger partial charge in [-0.15, -0.1) is 10.2 Å². The van der Waals surface area contributed by atoms with Gasteiger partial charge in [-0.1, -0.05) is 35.5 Å². The van der Waals surface area contributed by atoms with Crippen molar-refractivity contribution in [3.63, 3.8) is 0 Å². The van der Waals surface area contributed by atoms with E-state index in [1.807, 2.05) is 35.8 Å². The minimum atomic E-state index is -0.613. The first-order valence-corrected chi connectivity index (χ1v) is 9.85. The summed E-state index contributed by atoms with van der Waals surface area (Å²) in [5.74, 6) is -0.734. The van der Waals surface area contributed by atoms with Crippen LogP contribution >= 0.6 is 11.8 Å². The van der Waals surface area contributed by atoms with Crippen molar-refractivity contribution in [2.45, 2.75) is 17.8 Å².